The fourth-order valence-electron chi connectivity index (χ4n) is 2.22. The van der Waals surface area contributed by atoms with Crippen LogP contribution in [0.3, 0.4) is 0 Å². The summed E-state index contributed by atoms with van der Waals surface area (Å²) in [5, 5.41) is 5.90. The molecule has 0 radical (unpaired) electrons. The third kappa shape index (κ3) is 4.24. The van der Waals surface area contributed by atoms with Gasteiger partial charge in [-0.3, -0.25) is 4.79 Å². The van der Waals surface area contributed by atoms with Crippen LogP contribution in [0.1, 0.15) is 11.9 Å². The molecule has 0 aliphatic rings. The van der Waals surface area contributed by atoms with E-state index in [-0.39, 0.29) is 11.2 Å². The molecule has 2 aromatic carbocycles. The highest BCUT2D eigenvalue weighted by atomic mass is 32.2. The summed E-state index contributed by atoms with van der Waals surface area (Å²) in [6.45, 7) is 3.91. The summed E-state index contributed by atoms with van der Waals surface area (Å²) in [4.78, 5) is 17.9. The zero-order valence-electron chi connectivity index (χ0n) is 13.5. The summed E-state index contributed by atoms with van der Waals surface area (Å²) in [7, 11) is 0. The van der Waals surface area contributed by atoms with Crippen molar-refractivity contribution in [2.75, 3.05) is 5.32 Å². The molecule has 1 N–H and O–H groups in total. The van der Waals surface area contributed by atoms with Crippen LogP contribution in [0, 0.1) is 6.92 Å². The quantitative estimate of drug-likeness (QED) is 0.637. The maximum atomic E-state index is 12.3. The maximum Gasteiger partial charge on any atom is 0.237 e. The highest BCUT2D eigenvalue weighted by Gasteiger charge is 2.14. The van der Waals surface area contributed by atoms with E-state index in [4.69, 9.17) is 0 Å². The fourth-order valence-corrected chi connectivity index (χ4v) is 3.73. The minimum Gasteiger partial charge on any atom is -0.325 e. The molecule has 1 amide bonds. The molecule has 1 unspecified atom stereocenters. The summed E-state index contributed by atoms with van der Waals surface area (Å²) in [5.41, 5.74) is 2.84. The summed E-state index contributed by atoms with van der Waals surface area (Å²) in [5.74, 6) is 0.00102. The van der Waals surface area contributed by atoms with Crippen molar-refractivity contribution < 1.29 is 4.79 Å². The summed E-state index contributed by atoms with van der Waals surface area (Å²) in [6, 6.07) is 17.8. The van der Waals surface area contributed by atoms with Gasteiger partial charge < -0.3 is 5.32 Å². The summed E-state index contributed by atoms with van der Waals surface area (Å²) in [6.07, 6.45) is 0. The third-order valence-electron chi connectivity index (χ3n) is 3.49. The van der Waals surface area contributed by atoms with Gasteiger partial charge in [-0.05, 0) is 38.1 Å². The number of rotatable bonds is 5. The second-order valence-corrected chi connectivity index (χ2v) is 7.87. The highest BCUT2D eigenvalue weighted by molar-refractivity contribution is 8.00. The molecule has 0 fully saturated rings. The first-order valence-corrected chi connectivity index (χ1v) is 9.43. The molecule has 0 saturated heterocycles. The molecule has 3 aromatic rings. The lowest BCUT2D eigenvalue weighted by molar-refractivity contribution is -0.115. The maximum absolute atomic E-state index is 12.3. The van der Waals surface area contributed by atoms with E-state index in [9.17, 15) is 4.79 Å². The number of hydrogen-bond donors (Lipinski definition) is 1. The van der Waals surface area contributed by atoms with E-state index < -0.39 is 0 Å². The number of amides is 1. The number of benzene rings is 2. The van der Waals surface area contributed by atoms with Gasteiger partial charge >= 0.3 is 0 Å². The van der Waals surface area contributed by atoms with Gasteiger partial charge in [-0.15, -0.1) is 23.1 Å². The lowest BCUT2D eigenvalue weighted by atomic mass is 10.1. The van der Waals surface area contributed by atoms with Gasteiger partial charge in [0.1, 0.15) is 0 Å². The molecule has 1 heterocycles. The molecule has 0 saturated carbocycles. The van der Waals surface area contributed by atoms with Gasteiger partial charge in [0.15, 0.2) is 0 Å². The smallest absolute Gasteiger partial charge is 0.237 e. The largest absolute Gasteiger partial charge is 0.325 e. The number of carbonyl (C=O) groups excluding carboxylic acids is 1. The van der Waals surface area contributed by atoms with E-state index in [1.54, 1.807) is 23.1 Å². The molecule has 3 rings (SSSR count). The zero-order valence-corrected chi connectivity index (χ0v) is 15.2. The van der Waals surface area contributed by atoms with Crippen LogP contribution in [0.25, 0.3) is 11.3 Å². The lowest BCUT2D eigenvalue weighted by Gasteiger charge is -2.12. The van der Waals surface area contributed by atoms with E-state index in [2.05, 4.69) is 10.3 Å². The van der Waals surface area contributed by atoms with Crippen LogP contribution in [0.15, 0.2) is 64.9 Å². The van der Waals surface area contributed by atoms with Crippen molar-refractivity contribution in [1.82, 2.24) is 4.98 Å². The number of aromatic nitrogens is 1. The monoisotopic (exact) mass is 354 g/mol. The van der Waals surface area contributed by atoms with Crippen molar-refractivity contribution in [3.8, 4) is 11.3 Å². The van der Waals surface area contributed by atoms with Gasteiger partial charge in [0.05, 0.1) is 16.0 Å². The van der Waals surface area contributed by atoms with Crippen LogP contribution in [0.4, 0.5) is 5.69 Å². The Morgan fingerprint density at radius 3 is 2.46 bits per heavy atom. The minimum absolute atomic E-state index is 0.00102. The second-order valence-electron chi connectivity index (χ2n) is 5.39. The fraction of sp³-hybridized carbons (Fsp3) is 0.158. The van der Waals surface area contributed by atoms with Gasteiger partial charge in [0.2, 0.25) is 5.91 Å². The third-order valence-corrected chi connectivity index (χ3v) is 5.38. The average Bonchev–Trinajstić information content (AvgIpc) is 3.03. The van der Waals surface area contributed by atoms with Crippen LogP contribution < -0.4 is 5.32 Å². The number of nitrogens with zero attached hydrogens (tertiary/aromatic N) is 1. The number of hydrogen-bond acceptors (Lipinski definition) is 4. The van der Waals surface area contributed by atoms with E-state index in [0.717, 1.165) is 26.8 Å². The molecule has 0 bridgehead atoms. The lowest BCUT2D eigenvalue weighted by Crippen LogP contribution is -2.22. The Morgan fingerprint density at radius 2 is 1.83 bits per heavy atom. The van der Waals surface area contributed by atoms with Crippen molar-refractivity contribution in [3.63, 3.8) is 0 Å². The zero-order chi connectivity index (χ0) is 16.9. The van der Waals surface area contributed by atoms with Gasteiger partial charge in [-0.25, -0.2) is 4.98 Å². The number of carbonyl (C=O) groups is 1. The predicted molar refractivity (Wildman–Crippen MR) is 103 cm³/mol. The molecule has 1 atom stereocenters. The first-order valence-electron chi connectivity index (χ1n) is 7.67. The molecule has 3 nitrogen and oxygen atoms in total. The van der Waals surface area contributed by atoms with Crippen molar-refractivity contribution in [2.24, 2.45) is 0 Å². The van der Waals surface area contributed by atoms with Gasteiger partial charge in [-0.2, -0.15) is 0 Å². The van der Waals surface area contributed by atoms with E-state index in [1.165, 1.54) is 0 Å². The molecule has 0 aliphatic carbocycles. The Kier molecular flexibility index (Phi) is 5.33. The second kappa shape index (κ2) is 7.64. The Balaban J connectivity index is 1.62. The Hall–Kier alpha value is -2.11. The van der Waals surface area contributed by atoms with Crippen molar-refractivity contribution >= 4 is 34.7 Å². The molecule has 0 aliphatic heterocycles. The van der Waals surface area contributed by atoms with E-state index in [1.807, 2.05) is 73.8 Å². The number of thiazole rings is 1. The molecule has 1 aromatic heterocycles. The number of aryl methyl sites for hydroxylation is 1. The van der Waals surface area contributed by atoms with Crippen molar-refractivity contribution in [3.05, 3.63) is 65.0 Å². The predicted octanol–water partition coefficient (Wildman–Crippen LogP) is 5.24. The Morgan fingerprint density at radius 1 is 1.12 bits per heavy atom. The van der Waals surface area contributed by atoms with Crippen LogP contribution in [0.2, 0.25) is 0 Å². The molecule has 24 heavy (non-hydrogen) atoms. The molecular formula is C19H18N2OS2. The van der Waals surface area contributed by atoms with Crippen LogP contribution >= 0.6 is 23.1 Å². The topological polar surface area (TPSA) is 42.0 Å². The van der Waals surface area contributed by atoms with Crippen LogP contribution in [0.5, 0.6) is 0 Å². The number of thioether (sulfide) groups is 1. The Labute approximate surface area is 150 Å². The standard InChI is InChI=1S/C19H18N2OS2/c1-13(24-17-6-4-3-5-7-17)19(22)21-16-10-8-15(9-11-16)18-12-23-14(2)20-18/h3-13H,1-2H3,(H,21,22). The van der Waals surface area contributed by atoms with Crippen molar-refractivity contribution in [1.29, 1.82) is 0 Å². The Bertz CT molecular complexity index is 813. The first-order chi connectivity index (χ1) is 11.6. The van der Waals surface area contributed by atoms with Crippen molar-refractivity contribution in [2.45, 2.75) is 24.0 Å². The highest BCUT2D eigenvalue weighted by Crippen LogP contribution is 2.25. The molecule has 0 spiro atoms. The van der Waals surface area contributed by atoms with Crippen LogP contribution in [-0.2, 0) is 4.79 Å². The summed E-state index contributed by atoms with van der Waals surface area (Å²) < 4.78 is 0. The molecule has 122 valence electrons. The van der Waals surface area contributed by atoms with E-state index in [0.29, 0.717) is 0 Å². The summed E-state index contributed by atoms with van der Waals surface area (Å²) >= 11 is 3.19. The SMILES string of the molecule is Cc1nc(-c2ccc(NC(=O)C(C)Sc3ccccc3)cc2)cs1. The van der Waals surface area contributed by atoms with E-state index >= 15 is 0 Å². The van der Waals surface area contributed by atoms with Gasteiger partial charge in [-0.1, -0.05) is 30.3 Å². The average molecular weight is 354 g/mol. The minimum atomic E-state index is -0.159. The van der Waals surface area contributed by atoms with Gasteiger partial charge in [0.25, 0.3) is 0 Å². The molecule has 5 heteroatoms. The molecular weight excluding hydrogens is 336 g/mol. The van der Waals surface area contributed by atoms with Crippen LogP contribution in [-0.4, -0.2) is 16.1 Å². The number of anilines is 1. The van der Waals surface area contributed by atoms with Gasteiger partial charge in [0, 0.05) is 21.5 Å². The first kappa shape index (κ1) is 16.7. The normalized spacial score (nSPS) is 11.9. The number of nitrogens with one attached hydrogen (secondary N) is 1.